The zero-order valence-electron chi connectivity index (χ0n) is 9.12. The number of piperidine rings is 1. The van der Waals surface area contributed by atoms with Crippen molar-refractivity contribution in [2.24, 2.45) is 11.8 Å². The Labute approximate surface area is 101 Å². The summed E-state index contributed by atoms with van der Waals surface area (Å²) < 4.78 is 0. The van der Waals surface area contributed by atoms with Crippen LogP contribution in [0.15, 0.2) is 24.5 Å². The highest BCUT2D eigenvalue weighted by atomic mass is 35.5. The van der Waals surface area contributed by atoms with Gasteiger partial charge in [0.25, 0.3) is 0 Å². The molecular formula is C13H15ClN2. The van der Waals surface area contributed by atoms with Crippen LogP contribution in [0.3, 0.4) is 0 Å². The third-order valence-electron chi connectivity index (χ3n) is 3.64. The normalized spacial score (nSPS) is 28.7. The molecule has 3 heteroatoms. The van der Waals surface area contributed by atoms with Crippen molar-refractivity contribution < 1.29 is 0 Å². The molecule has 1 aliphatic heterocycles. The van der Waals surface area contributed by atoms with E-state index in [4.69, 9.17) is 11.6 Å². The maximum absolute atomic E-state index is 5.97. The second-order valence-corrected chi connectivity index (χ2v) is 5.14. The summed E-state index contributed by atoms with van der Waals surface area (Å²) in [6.45, 7) is 2.30. The first kappa shape index (κ1) is 10.3. The van der Waals surface area contributed by atoms with Crippen molar-refractivity contribution in [3.63, 3.8) is 0 Å². The van der Waals surface area contributed by atoms with Gasteiger partial charge in [0.05, 0.1) is 5.02 Å². The minimum absolute atomic E-state index is 0.728. The molecule has 1 fully saturated rings. The maximum atomic E-state index is 5.97. The third-order valence-corrected chi connectivity index (χ3v) is 3.85. The third kappa shape index (κ3) is 1.87. The molecule has 1 N–H and O–H groups in total. The van der Waals surface area contributed by atoms with Crippen molar-refractivity contribution in [1.29, 1.82) is 0 Å². The molecular weight excluding hydrogens is 220 g/mol. The quantitative estimate of drug-likeness (QED) is 0.808. The monoisotopic (exact) mass is 234 g/mol. The van der Waals surface area contributed by atoms with Crippen LogP contribution in [0.1, 0.15) is 18.4 Å². The van der Waals surface area contributed by atoms with Crippen LogP contribution in [0.4, 0.5) is 0 Å². The summed E-state index contributed by atoms with van der Waals surface area (Å²) in [5.74, 6) is 1.54. The number of rotatable bonds is 1. The summed E-state index contributed by atoms with van der Waals surface area (Å²) >= 11 is 5.97. The number of hydrogen-bond acceptors (Lipinski definition) is 2. The lowest BCUT2D eigenvalue weighted by Gasteiger charge is -2.25. The van der Waals surface area contributed by atoms with Crippen LogP contribution < -0.4 is 5.32 Å². The molecule has 2 heterocycles. The van der Waals surface area contributed by atoms with Crippen molar-refractivity contribution in [3.05, 3.63) is 35.1 Å². The molecule has 2 atom stereocenters. The summed E-state index contributed by atoms with van der Waals surface area (Å²) in [6.07, 6.45) is 8.47. The van der Waals surface area contributed by atoms with Gasteiger partial charge in [0.1, 0.15) is 0 Å². The standard InChI is InChI=1S/C13H15ClN2/c14-13-5-12(7-16-8-13)10-3-9-1-2-15-6-11(9)4-10/h3,5,7-9,11,15H,1-2,4,6H2. The highest BCUT2D eigenvalue weighted by molar-refractivity contribution is 6.30. The van der Waals surface area contributed by atoms with E-state index in [2.05, 4.69) is 16.4 Å². The lowest BCUT2D eigenvalue weighted by atomic mass is 9.89. The fourth-order valence-electron chi connectivity index (χ4n) is 2.80. The molecule has 0 spiro atoms. The van der Waals surface area contributed by atoms with E-state index in [1.807, 2.05) is 12.3 Å². The highest BCUT2D eigenvalue weighted by Crippen LogP contribution is 2.39. The molecule has 0 saturated carbocycles. The number of allylic oxidation sites excluding steroid dienone is 2. The van der Waals surface area contributed by atoms with E-state index in [1.165, 1.54) is 24.0 Å². The van der Waals surface area contributed by atoms with Crippen molar-refractivity contribution in [3.8, 4) is 0 Å². The van der Waals surface area contributed by atoms with Crippen LogP contribution in [-0.2, 0) is 0 Å². The van der Waals surface area contributed by atoms with Gasteiger partial charge in [-0.1, -0.05) is 17.7 Å². The molecule has 1 aliphatic carbocycles. The van der Waals surface area contributed by atoms with Crippen LogP contribution in [0.5, 0.6) is 0 Å². The average Bonchev–Trinajstić information content (AvgIpc) is 2.72. The minimum atomic E-state index is 0.728. The Balaban J connectivity index is 1.86. The Morgan fingerprint density at radius 1 is 1.38 bits per heavy atom. The lowest BCUT2D eigenvalue weighted by molar-refractivity contribution is 0.324. The van der Waals surface area contributed by atoms with Crippen LogP contribution in [0.25, 0.3) is 5.57 Å². The summed E-state index contributed by atoms with van der Waals surface area (Å²) in [7, 11) is 0. The number of nitrogens with zero attached hydrogens (tertiary/aromatic N) is 1. The van der Waals surface area contributed by atoms with Crippen molar-refractivity contribution >= 4 is 17.2 Å². The largest absolute Gasteiger partial charge is 0.316 e. The zero-order chi connectivity index (χ0) is 11.0. The molecule has 1 aromatic rings. The van der Waals surface area contributed by atoms with E-state index in [-0.39, 0.29) is 0 Å². The molecule has 2 unspecified atom stereocenters. The first-order chi connectivity index (χ1) is 7.83. The predicted octanol–water partition coefficient (Wildman–Crippen LogP) is 2.75. The number of halogens is 1. The average molecular weight is 235 g/mol. The van der Waals surface area contributed by atoms with Gasteiger partial charge in [-0.3, -0.25) is 4.98 Å². The van der Waals surface area contributed by atoms with Gasteiger partial charge in [-0.2, -0.15) is 0 Å². The Morgan fingerprint density at radius 2 is 2.31 bits per heavy atom. The highest BCUT2D eigenvalue weighted by Gasteiger charge is 2.30. The number of hydrogen-bond donors (Lipinski definition) is 1. The van der Waals surface area contributed by atoms with Crippen molar-refractivity contribution in [1.82, 2.24) is 10.3 Å². The smallest absolute Gasteiger partial charge is 0.0595 e. The molecule has 2 nitrogen and oxygen atoms in total. The van der Waals surface area contributed by atoms with Gasteiger partial charge in [0.2, 0.25) is 0 Å². The minimum Gasteiger partial charge on any atom is -0.316 e. The first-order valence-corrected chi connectivity index (χ1v) is 6.23. The SMILES string of the molecule is Clc1cncc(C2=CC3CCNCC3C2)c1. The Morgan fingerprint density at radius 3 is 3.12 bits per heavy atom. The Kier molecular flexibility index (Phi) is 2.70. The molecule has 0 bridgehead atoms. The van der Waals surface area contributed by atoms with E-state index in [9.17, 15) is 0 Å². The summed E-state index contributed by atoms with van der Waals surface area (Å²) in [5.41, 5.74) is 2.62. The molecule has 0 amide bonds. The van der Waals surface area contributed by atoms with Crippen LogP contribution >= 0.6 is 11.6 Å². The van der Waals surface area contributed by atoms with Gasteiger partial charge in [-0.05, 0) is 55.0 Å². The topological polar surface area (TPSA) is 24.9 Å². The van der Waals surface area contributed by atoms with Crippen molar-refractivity contribution in [2.45, 2.75) is 12.8 Å². The number of fused-ring (bicyclic) bond motifs is 1. The predicted molar refractivity (Wildman–Crippen MR) is 66.3 cm³/mol. The summed E-state index contributed by atoms with van der Waals surface area (Å²) in [5, 5.41) is 4.19. The molecule has 84 valence electrons. The van der Waals surface area contributed by atoms with Gasteiger partial charge < -0.3 is 5.32 Å². The van der Waals surface area contributed by atoms with Crippen molar-refractivity contribution in [2.75, 3.05) is 13.1 Å². The molecule has 0 radical (unpaired) electrons. The van der Waals surface area contributed by atoms with Gasteiger partial charge in [-0.25, -0.2) is 0 Å². The number of pyridine rings is 1. The van der Waals surface area contributed by atoms with Gasteiger partial charge in [-0.15, -0.1) is 0 Å². The zero-order valence-corrected chi connectivity index (χ0v) is 9.87. The van der Waals surface area contributed by atoms with Crippen LogP contribution in [0, 0.1) is 11.8 Å². The van der Waals surface area contributed by atoms with E-state index in [1.54, 1.807) is 6.20 Å². The molecule has 1 aromatic heterocycles. The second kappa shape index (κ2) is 4.19. The Bertz CT molecular complexity index is 428. The lowest BCUT2D eigenvalue weighted by Crippen LogP contribution is -2.33. The number of nitrogens with one attached hydrogen (secondary N) is 1. The molecule has 2 aliphatic rings. The fourth-order valence-corrected chi connectivity index (χ4v) is 2.97. The van der Waals surface area contributed by atoms with Gasteiger partial charge in [0.15, 0.2) is 0 Å². The van der Waals surface area contributed by atoms with Gasteiger partial charge in [0, 0.05) is 12.4 Å². The van der Waals surface area contributed by atoms with Crippen LogP contribution in [-0.4, -0.2) is 18.1 Å². The molecule has 16 heavy (non-hydrogen) atoms. The molecule has 1 saturated heterocycles. The fraction of sp³-hybridized carbons (Fsp3) is 0.462. The van der Waals surface area contributed by atoms with Gasteiger partial charge >= 0.3 is 0 Å². The second-order valence-electron chi connectivity index (χ2n) is 4.70. The van der Waals surface area contributed by atoms with E-state index in [0.29, 0.717) is 0 Å². The Hall–Kier alpha value is -0.860. The van der Waals surface area contributed by atoms with E-state index < -0.39 is 0 Å². The van der Waals surface area contributed by atoms with E-state index >= 15 is 0 Å². The maximum Gasteiger partial charge on any atom is 0.0595 e. The number of aromatic nitrogens is 1. The molecule has 3 rings (SSSR count). The summed E-state index contributed by atoms with van der Waals surface area (Å²) in [6, 6.07) is 2.02. The summed E-state index contributed by atoms with van der Waals surface area (Å²) in [4.78, 5) is 4.16. The molecule has 0 aromatic carbocycles. The van der Waals surface area contributed by atoms with E-state index in [0.717, 1.165) is 29.9 Å². The van der Waals surface area contributed by atoms with Crippen LogP contribution in [0.2, 0.25) is 5.02 Å². The first-order valence-electron chi connectivity index (χ1n) is 5.85.